The molecule has 0 nitrogen and oxygen atoms in total. The summed E-state index contributed by atoms with van der Waals surface area (Å²) >= 11 is 14.4. The minimum absolute atomic E-state index is 0.735. The van der Waals surface area contributed by atoms with E-state index in [0.717, 1.165) is 32.3 Å². The van der Waals surface area contributed by atoms with Crippen LogP contribution in [0.2, 0.25) is 10.0 Å². The molecule has 0 unspecified atom stereocenters. The zero-order chi connectivity index (χ0) is 16.2. The Kier molecular flexibility index (Phi) is 5.42. The second kappa shape index (κ2) is 7.52. The summed E-state index contributed by atoms with van der Waals surface area (Å²) in [6.07, 6.45) is 2.18. The molecule has 0 aliphatic carbocycles. The van der Waals surface area contributed by atoms with Crippen LogP contribution in [-0.4, -0.2) is 0 Å². The van der Waals surface area contributed by atoms with Crippen molar-refractivity contribution in [1.29, 1.82) is 0 Å². The molecule has 0 heterocycles. The maximum Gasteiger partial charge on any atom is 0.0406 e. The number of hydrogen-bond donors (Lipinski definition) is 0. The second-order valence-electron chi connectivity index (χ2n) is 5.12. The average molecular weight is 451 g/mol. The van der Waals surface area contributed by atoms with Crippen LogP contribution in [0.5, 0.6) is 0 Å². The molecule has 0 aromatic heterocycles. The third-order valence-corrected chi connectivity index (χ3v) is 4.71. The molecule has 0 spiro atoms. The van der Waals surface area contributed by atoms with E-state index in [0.29, 0.717) is 0 Å². The van der Waals surface area contributed by atoms with Crippen LogP contribution in [0, 0.1) is 3.57 Å². The summed E-state index contributed by atoms with van der Waals surface area (Å²) < 4.78 is 1.22. The predicted octanol–water partition coefficient (Wildman–Crippen LogP) is 7.19. The second-order valence-corrected chi connectivity index (χ2v) is 7.24. The number of halogens is 3. The average Bonchev–Trinajstić information content (AvgIpc) is 2.56. The fourth-order valence-corrected chi connectivity index (χ4v) is 2.93. The number of hydrogen-bond acceptors (Lipinski definition) is 0. The van der Waals surface area contributed by atoms with Gasteiger partial charge in [-0.1, -0.05) is 59.6 Å². The van der Waals surface area contributed by atoms with Gasteiger partial charge in [0.25, 0.3) is 0 Å². The van der Waals surface area contributed by atoms with Crippen molar-refractivity contribution in [2.75, 3.05) is 0 Å². The highest BCUT2D eigenvalue weighted by atomic mass is 127. The highest BCUT2D eigenvalue weighted by Crippen LogP contribution is 2.28. The zero-order valence-electron chi connectivity index (χ0n) is 12.1. The quantitative estimate of drug-likeness (QED) is 0.292. The molecule has 114 valence electrons. The molecule has 0 amide bonds. The molecule has 23 heavy (non-hydrogen) atoms. The molecule has 0 bridgehead atoms. The van der Waals surface area contributed by atoms with Crippen molar-refractivity contribution in [2.24, 2.45) is 0 Å². The van der Waals surface area contributed by atoms with Gasteiger partial charge in [-0.2, -0.15) is 0 Å². The van der Waals surface area contributed by atoms with E-state index in [1.165, 1.54) is 3.57 Å². The molecule has 3 heteroatoms. The van der Waals surface area contributed by atoms with Gasteiger partial charge in [-0.25, -0.2) is 0 Å². The summed E-state index contributed by atoms with van der Waals surface area (Å²) in [7, 11) is 0. The van der Waals surface area contributed by atoms with E-state index in [9.17, 15) is 0 Å². The van der Waals surface area contributed by atoms with E-state index < -0.39 is 0 Å². The lowest BCUT2D eigenvalue weighted by Crippen LogP contribution is -1.88. The third kappa shape index (κ3) is 4.37. The zero-order valence-corrected chi connectivity index (χ0v) is 15.8. The van der Waals surface area contributed by atoms with Crippen LogP contribution in [0.3, 0.4) is 0 Å². The lowest BCUT2D eigenvalue weighted by Gasteiger charge is -2.10. The van der Waals surface area contributed by atoms with Crippen LogP contribution < -0.4 is 0 Å². The Morgan fingerprint density at radius 3 is 1.52 bits per heavy atom. The summed E-state index contributed by atoms with van der Waals surface area (Å²) in [5.74, 6) is 0. The molecule has 0 aliphatic rings. The molecular formula is C20H13Cl2I. The van der Waals surface area contributed by atoms with E-state index in [1.54, 1.807) is 0 Å². The van der Waals surface area contributed by atoms with Crippen molar-refractivity contribution in [1.82, 2.24) is 0 Å². The molecule has 0 atom stereocenters. The van der Waals surface area contributed by atoms with Gasteiger partial charge in [0.1, 0.15) is 0 Å². The van der Waals surface area contributed by atoms with E-state index >= 15 is 0 Å². The smallest absolute Gasteiger partial charge is 0.0406 e. The van der Waals surface area contributed by atoms with Crippen LogP contribution in [0.1, 0.15) is 16.7 Å². The standard InChI is InChI=1S/C20H13Cl2I/c21-17-7-3-15(4-8-17)20(16-5-9-18(22)10-6-16)13-14-1-11-19(23)12-2-14/h1-13H. The first-order valence-electron chi connectivity index (χ1n) is 7.11. The molecule has 0 fully saturated rings. The van der Waals surface area contributed by atoms with Crippen LogP contribution in [0.25, 0.3) is 11.6 Å². The summed E-state index contributed by atoms with van der Waals surface area (Å²) in [5, 5.41) is 1.47. The molecular weight excluding hydrogens is 438 g/mol. The summed E-state index contributed by atoms with van der Waals surface area (Å²) in [6, 6.07) is 24.2. The third-order valence-electron chi connectivity index (χ3n) is 3.49. The molecule has 0 aliphatic heterocycles. The first kappa shape index (κ1) is 16.6. The molecule has 3 aromatic carbocycles. The van der Waals surface area contributed by atoms with E-state index in [2.05, 4.69) is 52.9 Å². The number of benzene rings is 3. The number of rotatable bonds is 3. The van der Waals surface area contributed by atoms with Crippen molar-refractivity contribution < 1.29 is 0 Å². The minimum atomic E-state index is 0.735. The van der Waals surface area contributed by atoms with Gasteiger partial charge in [0.05, 0.1) is 0 Å². The molecule has 3 aromatic rings. The lowest BCUT2D eigenvalue weighted by atomic mass is 9.96. The Labute approximate surface area is 159 Å². The van der Waals surface area contributed by atoms with Gasteiger partial charge in [-0.05, 0) is 87.3 Å². The normalized spacial score (nSPS) is 10.4. The largest absolute Gasteiger partial charge is 0.0843 e. The molecule has 0 N–H and O–H groups in total. The highest BCUT2D eigenvalue weighted by Gasteiger charge is 2.06. The van der Waals surface area contributed by atoms with E-state index in [4.69, 9.17) is 23.2 Å². The summed E-state index contributed by atoms with van der Waals surface area (Å²) in [4.78, 5) is 0. The van der Waals surface area contributed by atoms with Gasteiger partial charge in [0.15, 0.2) is 0 Å². The van der Waals surface area contributed by atoms with Gasteiger partial charge in [-0.3, -0.25) is 0 Å². The fourth-order valence-electron chi connectivity index (χ4n) is 2.32. The van der Waals surface area contributed by atoms with E-state index in [1.807, 2.05) is 48.5 Å². The summed E-state index contributed by atoms with van der Waals surface area (Å²) in [6.45, 7) is 0. The lowest BCUT2D eigenvalue weighted by molar-refractivity contribution is 1.54. The van der Waals surface area contributed by atoms with E-state index in [-0.39, 0.29) is 0 Å². The van der Waals surface area contributed by atoms with Crippen LogP contribution in [0.4, 0.5) is 0 Å². The van der Waals surface area contributed by atoms with Crippen molar-refractivity contribution >= 4 is 57.4 Å². The first-order chi connectivity index (χ1) is 11.1. The molecule has 3 rings (SSSR count). The van der Waals surface area contributed by atoms with Crippen LogP contribution in [-0.2, 0) is 0 Å². The van der Waals surface area contributed by atoms with Crippen molar-refractivity contribution in [2.45, 2.75) is 0 Å². The Bertz CT molecular complexity index is 770. The topological polar surface area (TPSA) is 0 Å². The Morgan fingerprint density at radius 2 is 1.09 bits per heavy atom. The predicted molar refractivity (Wildman–Crippen MR) is 109 cm³/mol. The molecule has 0 saturated heterocycles. The van der Waals surface area contributed by atoms with Crippen LogP contribution in [0.15, 0.2) is 72.8 Å². The van der Waals surface area contributed by atoms with Crippen molar-refractivity contribution in [3.05, 3.63) is 103 Å². The summed E-state index contributed by atoms with van der Waals surface area (Å²) in [5.41, 5.74) is 4.54. The molecule has 0 radical (unpaired) electrons. The SMILES string of the molecule is Clc1ccc(C(=Cc2ccc(I)cc2)c2ccc(Cl)cc2)cc1. The maximum absolute atomic E-state index is 6.02. The van der Waals surface area contributed by atoms with Gasteiger partial charge in [0, 0.05) is 13.6 Å². The van der Waals surface area contributed by atoms with Crippen LogP contribution >= 0.6 is 45.8 Å². The Balaban J connectivity index is 2.10. The van der Waals surface area contributed by atoms with Gasteiger partial charge in [0.2, 0.25) is 0 Å². The molecule has 0 saturated carbocycles. The maximum atomic E-state index is 6.02. The highest BCUT2D eigenvalue weighted by molar-refractivity contribution is 14.1. The van der Waals surface area contributed by atoms with Gasteiger partial charge in [-0.15, -0.1) is 0 Å². The fraction of sp³-hybridized carbons (Fsp3) is 0. The van der Waals surface area contributed by atoms with Gasteiger partial charge < -0.3 is 0 Å². The monoisotopic (exact) mass is 450 g/mol. The van der Waals surface area contributed by atoms with Gasteiger partial charge >= 0.3 is 0 Å². The minimum Gasteiger partial charge on any atom is -0.0843 e. The Morgan fingerprint density at radius 1 is 0.652 bits per heavy atom. The van der Waals surface area contributed by atoms with Crippen molar-refractivity contribution in [3.8, 4) is 0 Å². The van der Waals surface area contributed by atoms with Crippen molar-refractivity contribution in [3.63, 3.8) is 0 Å². The first-order valence-corrected chi connectivity index (χ1v) is 8.94. The Hall–Kier alpha value is -1.29.